The van der Waals surface area contributed by atoms with Gasteiger partial charge in [-0.3, -0.25) is 14.8 Å². The maximum atomic E-state index is 13.4. The molecule has 2 N–H and O–H groups in total. The van der Waals surface area contributed by atoms with E-state index in [9.17, 15) is 9.18 Å². The number of benzene rings is 1. The van der Waals surface area contributed by atoms with Gasteiger partial charge in [-0.1, -0.05) is 19.1 Å². The molecular formula is C18H23FN4O. The standard InChI is InChI=1S/C18H23FN4O/c1-18(16-15(10-21-22-16)17(24)20-2)7-4-8-23(12-18)11-13-5-3-6-14(19)9-13/h3,5-6,9-10H,4,7-8,11-12H2,1-2H3,(H,20,24)(H,21,22). The predicted molar refractivity (Wildman–Crippen MR) is 90.2 cm³/mol. The number of carbonyl (C=O) groups is 1. The Morgan fingerprint density at radius 2 is 2.33 bits per heavy atom. The summed E-state index contributed by atoms with van der Waals surface area (Å²) in [7, 11) is 1.62. The van der Waals surface area contributed by atoms with E-state index in [1.165, 1.54) is 6.07 Å². The van der Waals surface area contributed by atoms with Crippen LogP contribution in [0.5, 0.6) is 0 Å². The average molecular weight is 330 g/mol. The number of halogens is 1. The van der Waals surface area contributed by atoms with Crippen LogP contribution in [-0.4, -0.2) is 41.1 Å². The van der Waals surface area contributed by atoms with Crippen LogP contribution in [0.25, 0.3) is 0 Å². The lowest BCUT2D eigenvalue weighted by Gasteiger charge is -2.40. The van der Waals surface area contributed by atoms with Crippen LogP contribution in [0.15, 0.2) is 30.5 Å². The number of carbonyl (C=O) groups excluding carboxylic acids is 1. The van der Waals surface area contributed by atoms with Crippen LogP contribution < -0.4 is 5.32 Å². The summed E-state index contributed by atoms with van der Waals surface area (Å²) >= 11 is 0. The molecule has 5 nitrogen and oxygen atoms in total. The summed E-state index contributed by atoms with van der Waals surface area (Å²) in [5.74, 6) is -0.329. The number of rotatable bonds is 4. The molecule has 1 aromatic heterocycles. The molecule has 1 saturated heterocycles. The highest BCUT2D eigenvalue weighted by atomic mass is 19.1. The molecule has 0 spiro atoms. The van der Waals surface area contributed by atoms with Crippen molar-refractivity contribution in [3.05, 3.63) is 53.1 Å². The summed E-state index contributed by atoms with van der Waals surface area (Å²) in [6.45, 7) is 4.63. The molecule has 1 aliphatic rings. The maximum Gasteiger partial charge on any atom is 0.254 e. The smallest absolute Gasteiger partial charge is 0.254 e. The lowest BCUT2D eigenvalue weighted by Crippen LogP contribution is -2.45. The highest BCUT2D eigenvalue weighted by Gasteiger charge is 2.36. The van der Waals surface area contributed by atoms with Crippen LogP contribution >= 0.6 is 0 Å². The van der Waals surface area contributed by atoms with Crippen molar-refractivity contribution in [1.82, 2.24) is 20.4 Å². The first kappa shape index (κ1) is 16.6. The zero-order valence-corrected chi connectivity index (χ0v) is 14.1. The molecule has 2 heterocycles. The number of hydrogen-bond acceptors (Lipinski definition) is 3. The van der Waals surface area contributed by atoms with Crippen molar-refractivity contribution in [3.8, 4) is 0 Å². The quantitative estimate of drug-likeness (QED) is 0.905. The topological polar surface area (TPSA) is 61.0 Å². The van der Waals surface area contributed by atoms with Crippen molar-refractivity contribution in [2.45, 2.75) is 31.7 Å². The van der Waals surface area contributed by atoms with Gasteiger partial charge in [0.2, 0.25) is 0 Å². The maximum absolute atomic E-state index is 13.4. The largest absolute Gasteiger partial charge is 0.355 e. The Labute approximate surface area is 141 Å². The van der Waals surface area contributed by atoms with Crippen molar-refractivity contribution in [2.75, 3.05) is 20.1 Å². The third kappa shape index (κ3) is 3.33. The molecule has 0 aliphatic carbocycles. The van der Waals surface area contributed by atoms with Crippen molar-refractivity contribution in [1.29, 1.82) is 0 Å². The van der Waals surface area contributed by atoms with Crippen LogP contribution in [0.2, 0.25) is 0 Å². The van der Waals surface area contributed by atoms with E-state index in [4.69, 9.17) is 0 Å². The first-order valence-corrected chi connectivity index (χ1v) is 8.24. The molecule has 1 unspecified atom stereocenters. The molecule has 2 aromatic rings. The van der Waals surface area contributed by atoms with Crippen molar-refractivity contribution in [3.63, 3.8) is 0 Å². The fourth-order valence-electron chi connectivity index (χ4n) is 3.63. The minimum atomic E-state index is -0.206. The third-order valence-electron chi connectivity index (χ3n) is 4.79. The number of amides is 1. The van der Waals surface area contributed by atoms with Gasteiger partial charge in [-0.05, 0) is 37.1 Å². The van der Waals surface area contributed by atoms with E-state index in [0.29, 0.717) is 12.1 Å². The number of nitrogens with zero attached hydrogens (tertiary/aromatic N) is 2. The fourth-order valence-corrected chi connectivity index (χ4v) is 3.63. The summed E-state index contributed by atoms with van der Waals surface area (Å²) < 4.78 is 13.4. The van der Waals surface area contributed by atoms with Crippen LogP contribution in [0.4, 0.5) is 4.39 Å². The van der Waals surface area contributed by atoms with Gasteiger partial charge in [0.1, 0.15) is 5.82 Å². The number of aromatic nitrogens is 2. The van der Waals surface area contributed by atoms with Gasteiger partial charge in [-0.2, -0.15) is 5.10 Å². The number of aromatic amines is 1. The monoisotopic (exact) mass is 330 g/mol. The van der Waals surface area contributed by atoms with Gasteiger partial charge in [-0.25, -0.2) is 4.39 Å². The Morgan fingerprint density at radius 3 is 3.08 bits per heavy atom. The number of nitrogens with one attached hydrogen (secondary N) is 2. The van der Waals surface area contributed by atoms with E-state index < -0.39 is 0 Å². The molecular weight excluding hydrogens is 307 g/mol. The number of hydrogen-bond donors (Lipinski definition) is 2. The van der Waals surface area contributed by atoms with Gasteiger partial charge in [0.25, 0.3) is 5.91 Å². The predicted octanol–water partition coefficient (Wildman–Crippen LogP) is 2.46. The van der Waals surface area contributed by atoms with E-state index in [-0.39, 0.29) is 17.1 Å². The summed E-state index contributed by atoms with van der Waals surface area (Å²) in [5, 5.41) is 9.77. The second-order valence-corrected chi connectivity index (χ2v) is 6.74. The lowest BCUT2D eigenvalue weighted by molar-refractivity contribution is 0.0955. The van der Waals surface area contributed by atoms with Gasteiger partial charge >= 0.3 is 0 Å². The molecule has 3 rings (SSSR count). The van der Waals surface area contributed by atoms with E-state index >= 15 is 0 Å². The Balaban J connectivity index is 1.79. The Kier molecular flexibility index (Phi) is 4.66. The molecule has 1 aliphatic heterocycles. The molecule has 1 atom stereocenters. The number of piperidine rings is 1. The van der Waals surface area contributed by atoms with E-state index in [2.05, 4.69) is 27.3 Å². The minimum Gasteiger partial charge on any atom is -0.355 e. The molecule has 1 amide bonds. The van der Waals surface area contributed by atoms with Gasteiger partial charge in [0.05, 0.1) is 17.5 Å². The van der Waals surface area contributed by atoms with Crippen LogP contribution in [-0.2, 0) is 12.0 Å². The normalized spacial score (nSPS) is 21.6. The highest BCUT2D eigenvalue weighted by Crippen LogP contribution is 2.34. The van der Waals surface area contributed by atoms with E-state index in [0.717, 1.165) is 37.2 Å². The zero-order chi connectivity index (χ0) is 17.2. The number of H-pyrrole nitrogens is 1. The number of likely N-dealkylation sites (tertiary alicyclic amines) is 1. The SMILES string of the molecule is CNC(=O)c1cn[nH]c1C1(C)CCCN(Cc2cccc(F)c2)C1. The van der Waals surface area contributed by atoms with E-state index in [1.54, 1.807) is 25.4 Å². The Hall–Kier alpha value is -2.21. The molecule has 0 saturated carbocycles. The second-order valence-electron chi connectivity index (χ2n) is 6.74. The highest BCUT2D eigenvalue weighted by molar-refractivity contribution is 5.95. The van der Waals surface area contributed by atoms with Gasteiger partial charge in [0, 0.05) is 25.6 Å². The van der Waals surface area contributed by atoms with Gasteiger partial charge < -0.3 is 5.32 Å². The minimum absolute atomic E-state index is 0.123. The first-order valence-electron chi connectivity index (χ1n) is 8.24. The molecule has 0 radical (unpaired) electrons. The molecule has 24 heavy (non-hydrogen) atoms. The summed E-state index contributed by atoms with van der Waals surface area (Å²) in [5.41, 5.74) is 2.28. The summed E-state index contributed by atoms with van der Waals surface area (Å²) in [4.78, 5) is 14.4. The van der Waals surface area contributed by atoms with Crippen LogP contribution in [0, 0.1) is 5.82 Å². The van der Waals surface area contributed by atoms with E-state index in [1.807, 2.05) is 6.07 Å². The summed E-state index contributed by atoms with van der Waals surface area (Å²) in [6.07, 6.45) is 3.60. The van der Waals surface area contributed by atoms with Crippen molar-refractivity contribution < 1.29 is 9.18 Å². The average Bonchev–Trinajstić information content (AvgIpc) is 3.05. The van der Waals surface area contributed by atoms with Crippen molar-refractivity contribution in [2.24, 2.45) is 0 Å². The van der Waals surface area contributed by atoms with Crippen LogP contribution in [0.3, 0.4) is 0 Å². The van der Waals surface area contributed by atoms with Gasteiger partial charge in [0.15, 0.2) is 0 Å². The molecule has 0 bridgehead atoms. The lowest BCUT2D eigenvalue weighted by atomic mass is 9.77. The third-order valence-corrected chi connectivity index (χ3v) is 4.79. The van der Waals surface area contributed by atoms with Crippen molar-refractivity contribution >= 4 is 5.91 Å². The molecule has 1 aromatic carbocycles. The van der Waals surface area contributed by atoms with Gasteiger partial charge in [-0.15, -0.1) is 0 Å². The molecule has 1 fully saturated rings. The Morgan fingerprint density at radius 1 is 1.50 bits per heavy atom. The van der Waals surface area contributed by atoms with Crippen LogP contribution in [0.1, 0.15) is 41.4 Å². The molecule has 128 valence electrons. The second kappa shape index (κ2) is 6.73. The first-order chi connectivity index (χ1) is 11.5. The molecule has 6 heteroatoms. The Bertz CT molecular complexity index is 729. The zero-order valence-electron chi connectivity index (χ0n) is 14.1. The fraction of sp³-hybridized carbons (Fsp3) is 0.444. The summed E-state index contributed by atoms with van der Waals surface area (Å²) in [6, 6.07) is 6.73.